The number of carbonyl (C=O) groups excluding carboxylic acids is 1. The van der Waals surface area contributed by atoms with Crippen LogP contribution in [0.4, 0.5) is 13.2 Å². The molecule has 0 unspecified atom stereocenters. The third kappa shape index (κ3) is 2.06. The maximum atomic E-state index is 12.3. The Bertz CT molecular complexity index is 358. The molecule has 0 atom stereocenters. The van der Waals surface area contributed by atoms with Gasteiger partial charge in [0.05, 0.1) is 5.56 Å². The van der Waals surface area contributed by atoms with Gasteiger partial charge in [0, 0.05) is 12.7 Å². The topological polar surface area (TPSA) is 34.9 Å². The monoisotopic (exact) mass is 226 g/mol. The number of halogens is 4. The summed E-state index contributed by atoms with van der Waals surface area (Å²) in [6.07, 6.45) is -3.67. The van der Waals surface area contributed by atoms with Gasteiger partial charge >= 0.3 is 6.18 Å². The molecule has 1 rings (SSSR count). The molecule has 1 aromatic heterocycles. The fourth-order valence-corrected chi connectivity index (χ4v) is 1.07. The van der Waals surface area contributed by atoms with E-state index in [2.05, 4.69) is 5.10 Å². The van der Waals surface area contributed by atoms with Gasteiger partial charge in [0.1, 0.15) is 0 Å². The van der Waals surface area contributed by atoms with Crippen LogP contribution >= 0.6 is 11.6 Å². The highest BCUT2D eigenvalue weighted by molar-refractivity contribution is 6.67. The van der Waals surface area contributed by atoms with Gasteiger partial charge in [0.2, 0.25) is 0 Å². The summed E-state index contributed by atoms with van der Waals surface area (Å²) in [7, 11) is 0. The number of nitrogens with zero attached hydrogens (tertiary/aromatic N) is 2. The minimum atomic E-state index is -4.65. The first-order valence-corrected chi connectivity index (χ1v) is 4.08. The predicted molar refractivity (Wildman–Crippen MR) is 43.1 cm³/mol. The Morgan fingerprint density at radius 3 is 2.50 bits per heavy atom. The molecule has 1 aromatic rings. The van der Waals surface area contributed by atoms with Crippen LogP contribution in [0.2, 0.25) is 0 Å². The summed E-state index contributed by atoms with van der Waals surface area (Å²) in [4.78, 5) is 10.7. The molecule has 0 bridgehead atoms. The van der Waals surface area contributed by atoms with Crippen molar-refractivity contribution >= 4 is 16.8 Å². The second-order valence-electron chi connectivity index (χ2n) is 2.52. The lowest BCUT2D eigenvalue weighted by Gasteiger charge is -2.02. The molecule has 0 aliphatic carbocycles. The minimum absolute atomic E-state index is 0.243. The predicted octanol–water partition coefficient (Wildman–Crippen LogP) is 2.30. The molecule has 3 nitrogen and oxygen atoms in total. The number of aromatic nitrogens is 2. The van der Waals surface area contributed by atoms with Crippen molar-refractivity contribution in [1.82, 2.24) is 9.78 Å². The van der Waals surface area contributed by atoms with Crippen LogP contribution < -0.4 is 0 Å². The summed E-state index contributed by atoms with van der Waals surface area (Å²) >= 11 is 4.99. The van der Waals surface area contributed by atoms with Gasteiger partial charge in [-0.2, -0.15) is 18.3 Å². The average molecular weight is 227 g/mol. The number of carbonyl (C=O) groups is 1. The van der Waals surface area contributed by atoms with Crippen molar-refractivity contribution in [3.8, 4) is 0 Å². The molecule has 0 spiro atoms. The van der Waals surface area contributed by atoms with Crippen LogP contribution in [0.3, 0.4) is 0 Å². The third-order valence-corrected chi connectivity index (χ3v) is 1.77. The van der Waals surface area contributed by atoms with Gasteiger partial charge < -0.3 is 0 Å². The Morgan fingerprint density at radius 2 is 2.21 bits per heavy atom. The molecule has 78 valence electrons. The van der Waals surface area contributed by atoms with E-state index in [9.17, 15) is 18.0 Å². The van der Waals surface area contributed by atoms with E-state index in [-0.39, 0.29) is 6.54 Å². The highest BCUT2D eigenvalue weighted by Crippen LogP contribution is 2.31. The van der Waals surface area contributed by atoms with E-state index in [0.717, 1.165) is 10.9 Å². The Labute approximate surface area is 82.5 Å². The molecule has 0 fully saturated rings. The van der Waals surface area contributed by atoms with Gasteiger partial charge in [-0.1, -0.05) is 0 Å². The molecule has 0 radical (unpaired) electrons. The van der Waals surface area contributed by atoms with Crippen molar-refractivity contribution in [2.24, 2.45) is 0 Å². The zero-order valence-electron chi connectivity index (χ0n) is 7.10. The number of hydrogen-bond acceptors (Lipinski definition) is 2. The SMILES string of the molecule is CCn1cc(C(=O)Cl)c(C(F)(F)F)n1. The lowest BCUT2D eigenvalue weighted by molar-refractivity contribution is -0.141. The summed E-state index contributed by atoms with van der Waals surface area (Å²) in [6, 6.07) is 0. The van der Waals surface area contributed by atoms with E-state index in [1.54, 1.807) is 6.92 Å². The molecule has 0 saturated heterocycles. The summed E-state index contributed by atoms with van der Waals surface area (Å²) in [5, 5.41) is 2.05. The molecule has 7 heteroatoms. The number of alkyl halides is 3. The average Bonchev–Trinajstić information content (AvgIpc) is 2.46. The van der Waals surface area contributed by atoms with Crippen LogP contribution in [-0.2, 0) is 12.7 Å². The van der Waals surface area contributed by atoms with Gasteiger partial charge in [-0.05, 0) is 18.5 Å². The van der Waals surface area contributed by atoms with Crippen molar-refractivity contribution in [3.05, 3.63) is 17.5 Å². The lowest BCUT2D eigenvalue weighted by Crippen LogP contribution is -2.10. The van der Waals surface area contributed by atoms with Crippen LogP contribution in [0.5, 0.6) is 0 Å². The molecule has 0 aliphatic heterocycles. The number of rotatable bonds is 2. The second-order valence-corrected chi connectivity index (χ2v) is 2.86. The van der Waals surface area contributed by atoms with E-state index in [4.69, 9.17) is 11.6 Å². The van der Waals surface area contributed by atoms with Crippen LogP contribution in [0.15, 0.2) is 6.20 Å². The molecular weight excluding hydrogens is 221 g/mol. The van der Waals surface area contributed by atoms with Crippen molar-refractivity contribution in [2.75, 3.05) is 0 Å². The van der Waals surface area contributed by atoms with Gasteiger partial charge in [-0.3, -0.25) is 9.48 Å². The molecule has 14 heavy (non-hydrogen) atoms. The third-order valence-electron chi connectivity index (χ3n) is 1.57. The maximum absolute atomic E-state index is 12.3. The molecule has 0 aromatic carbocycles. The highest BCUT2D eigenvalue weighted by atomic mass is 35.5. The summed E-state index contributed by atoms with van der Waals surface area (Å²) in [6.45, 7) is 1.85. The Hall–Kier alpha value is -1.04. The zero-order valence-corrected chi connectivity index (χ0v) is 7.85. The Balaban J connectivity index is 3.26. The molecule has 1 heterocycles. The van der Waals surface area contributed by atoms with Crippen LogP contribution in [0.25, 0.3) is 0 Å². The minimum Gasteiger partial charge on any atom is -0.275 e. The first-order chi connectivity index (χ1) is 6.36. The van der Waals surface area contributed by atoms with Gasteiger partial charge in [-0.25, -0.2) is 0 Å². The van der Waals surface area contributed by atoms with Gasteiger partial charge in [0.15, 0.2) is 5.69 Å². The second kappa shape index (κ2) is 3.61. The van der Waals surface area contributed by atoms with Gasteiger partial charge in [-0.15, -0.1) is 0 Å². The first-order valence-electron chi connectivity index (χ1n) is 3.70. The zero-order chi connectivity index (χ0) is 10.9. The van der Waals surface area contributed by atoms with Gasteiger partial charge in [0.25, 0.3) is 5.24 Å². The largest absolute Gasteiger partial charge is 0.435 e. The first kappa shape index (κ1) is 11.0. The quantitative estimate of drug-likeness (QED) is 0.726. The Morgan fingerprint density at radius 1 is 1.64 bits per heavy atom. The fourth-order valence-electron chi connectivity index (χ4n) is 0.937. The highest BCUT2D eigenvalue weighted by Gasteiger charge is 2.38. The smallest absolute Gasteiger partial charge is 0.275 e. The Kier molecular flexibility index (Phi) is 2.84. The fraction of sp³-hybridized carbons (Fsp3) is 0.429. The van der Waals surface area contributed by atoms with Crippen molar-refractivity contribution in [3.63, 3.8) is 0 Å². The van der Waals surface area contributed by atoms with E-state index in [1.165, 1.54) is 0 Å². The van der Waals surface area contributed by atoms with Crippen LogP contribution in [0, 0.1) is 0 Å². The van der Waals surface area contributed by atoms with E-state index in [0.29, 0.717) is 0 Å². The van der Waals surface area contributed by atoms with Crippen molar-refractivity contribution < 1.29 is 18.0 Å². The lowest BCUT2D eigenvalue weighted by atomic mass is 10.2. The van der Waals surface area contributed by atoms with Crippen molar-refractivity contribution in [1.29, 1.82) is 0 Å². The standard InChI is InChI=1S/C7H6ClF3N2O/c1-2-13-3-4(6(8)14)5(12-13)7(9,10)11/h3H,2H2,1H3. The molecule has 0 aliphatic rings. The normalized spacial score (nSPS) is 11.8. The summed E-state index contributed by atoms with van der Waals surface area (Å²) in [5.41, 5.74) is -1.85. The molecule has 0 saturated carbocycles. The van der Waals surface area contributed by atoms with Crippen LogP contribution in [-0.4, -0.2) is 15.0 Å². The number of aryl methyl sites for hydroxylation is 1. The summed E-state index contributed by atoms with van der Waals surface area (Å²) in [5.74, 6) is 0. The van der Waals surface area contributed by atoms with Crippen LogP contribution in [0.1, 0.15) is 23.0 Å². The molecule has 0 N–H and O–H groups in total. The van der Waals surface area contributed by atoms with E-state index < -0.39 is 22.7 Å². The van der Waals surface area contributed by atoms with E-state index in [1.807, 2.05) is 0 Å². The van der Waals surface area contributed by atoms with E-state index >= 15 is 0 Å². The summed E-state index contributed by atoms with van der Waals surface area (Å²) < 4.78 is 37.8. The maximum Gasteiger partial charge on any atom is 0.435 e. The number of hydrogen-bond donors (Lipinski definition) is 0. The molecule has 0 amide bonds. The van der Waals surface area contributed by atoms with Crippen molar-refractivity contribution in [2.45, 2.75) is 19.6 Å². The molecular formula is C7H6ClF3N2O.